The van der Waals surface area contributed by atoms with Crippen molar-refractivity contribution in [2.45, 2.75) is 39.7 Å². The maximum absolute atomic E-state index is 12.4. The van der Waals surface area contributed by atoms with Crippen molar-refractivity contribution in [2.75, 3.05) is 13.2 Å². The second kappa shape index (κ2) is 6.99. The Kier molecular flexibility index (Phi) is 5.29. The minimum absolute atomic E-state index is 0.248. The second-order valence-corrected chi connectivity index (χ2v) is 5.88. The zero-order valence-corrected chi connectivity index (χ0v) is 13.6. The van der Waals surface area contributed by atoms with E-state index in [1.54, 1.807) is 0 Å². The average Bonchev–Trinajstić information content (AvgIpc) is 2.91. The summed E-state index contributed by atoms with van der Waals surface area (Å²) in [4.78, 5) is 14.7. The molecular weight excluding hydrogens is 286 g/mol. The summed E-state index contributed by atoms with van der Waals surface area (Å²) in [7, 11) is 0. The number of halogens is 1. The molecule has 1 fully saturated rings. The van der Waals surface area contributed by atoms with Gasteiger partial charge in [0.25, 0.3) is 0 Å². The highest BCUT2D eigenvalue weighted by Gasteiger charge is 2.27. The summed E-state index contributed by atoms with van der Waals surface area (Å²) >= 11 is 5.95. The van der Waals surface area contributed by atoms with E-state index in [-0.39, 0.29) is 5.97 Å². The molecule has 0 aliphatic carbocycles. The van der Waals surface area contributed by atoms with E-state index in [0.717, 1.165) is 30.6 Å². The van der Waals surface area contributed by atoms with Crippen LogP contribution in [-0.2, 0) is 9.53 Å². The first-order valence-corrected chi connectivity index (χ1v) is 7.85. The Labute approximate surface area is 131 Å². The predicted molar refractivity (Wildman–Crippen MR) is 86.1 cm³/mol. The summed E-state index contributed by atoms with van der Waals surface area (Å²) in [5.74, 6) is -0.248. The molecule has 0 bridgehead atoms. The Morgan fingerprint density at radius 2 is 2.00 bits per heavy atom. The van der Waals surface area contributed by atoms with E-state index < -0.39 is 0 Å². The Morgan fingerprint density at radius 1 is 1.33 bits per heavy atom. The molecule has 114 valence electrons. The van der Waals surface area contributed by atoms with E-state index >= 15 is 0 Å². The lowest BCUT2D eigenvalue weighted by Gasteiger charge is -2.27. The molecule has 0 N–H and O–H groups in total. The van der Waals surface area contributed by atoms with Crippen molar-refractivity contribution in [3.63, 3.8) is 0 Å². The third-order valence-corrected chi connectivity index (χ3v) is 3.94. The molecule has 21 heavy (non-hydrogen) atoms. The fourth-order valence-corrected chi connectivity index (χ4v) is 2.88. The number of esters is 1. The van der Waals surface area contributed by atoms with Gasteiger partial charge < -0.3 is 9.64 Å². The van der Waals surface area contributed by atoms with Crippen molar-refractivity contribution in [3.05, 3.63) is 40.5 Å². The van der Waals surface area contributed by atoms with Crippen molar-refractivity contribution in [1.29, 1.82) is 0 Å². The number of nitrogens with zero attached hydrogens (tertiary/aromatic N) is 1. The van der Waals surface area contributed by atoms with Gasteiger partial charge in [-0.2, -0.15) is 0 Å². The molecular formula is C17H22ClNO2. The third-order valence-electron chi connectivity index (χ3n) is 3.68. The van der Waals surface area contributed by atoms with Gasteiger partial charge in [-0.3, -0.25) is 0 Å². The Hall–Kier alpha value is -1.48. The van der Waals surface area contributed by atoms with Crippen molar-refractivity contribution in [1.82, 2.24) is 4.90 Å². The van der Waals surface area contributed by atoms with E-state index in [1.807, 2.05) is 31.2 Å². The normalized spacial score (nSPS) is 17.3. The standard InChI is InChI=1S/C17H22ClNO2/c1-4-21-17(20)16(13-7-9-14(18)10-8-13)15-6-5-11-19(15)12(2)3/h7-10,12H,4-6,11H2,1-3H3/b16-15-. The van der Waals surface area contributed by atoms with Crippen LogP contribution in [0.15, 0.2) is 30.0 Å². The molecule has 2 rings (SSSR count). The molecule has 1 aromatic carbocycles. The average molecular weight is 308 g/mol. The molecule has 1 heterocycles. The molecule has 1 aliphatic heterocycles. The summed E-state index contributed by atoms with van der Waals surface area (Å²) in [6.45, 7) is 7.50. The van der Waals surface area contributed by atoms with Crippen LogP contribution in [0.1, 0.15) is 39.2 Å². The van der Waals surface area contributed by atoms with E-state index in [2.05, 4.69) is 18.7 Å². The molecule has 1 aromatic rings. The lowest BCUT2D eigenvalue weighted by molar-refractivity contribution is -0.136. The zero-order chi connectivity index (χ0) is 15.4. The smallest absolute Gasteiger partial charge is 0.340 e. The molecule has 1 aliphatic rings. The maximum atomic E-state index is 12.4. The van der Waals surface area contributed by atoms with Gasteiger partial charge in [0.05, 0.1) is 12.2 Å². The molecule has 3 nitrogen and oxygen atoms in total. The van der Waals surface area contributed by atoms with Crippen molar-refractivity contribution in [2.24, 2.45) is 0 Å². The molecule has 4 heteroatoms. The number of likely N-dealkylation sites (tertiary alicyclic amines) is 1. The monoisotopic (exact) mass is 307 g/mol. The second-order valence-electron chi connectivity index (χ2n) is 5.44. The van der Waals surface area contributed by atoms with Gasteiger partial charge in [0, 0.05) is 23.3 Å². The van der Waals surface area contributed by atoms with Crippen LogP contribution >= 0.6 is 11.6 Å². The quantitative estimate of drug-likeness (QED) is 0.619. The SMILES string of the molecule is CCOC(=O)/C(=C1/CCCN1C(C)C)c1ccc(Cl)cc1. The molecule has 0 saturated carbocycles. The molecule has 0 radical (unpaired) electrons. The fourth-order valence-electron chi connectivity index (χ4n) is 2.76. The number of hydrogen-bond donors (Lipinski definition) is 0. The first-order chi connectivity index (χ1) is 10.0. The zero-order valence-electron chi connectivity index (χ0n) is 12.9. The van der Waals surface area contributed by atoms with E-state index in [1.165, 1.54) is 0 Å². The van der Waals surface area contributed by atoms with Gasteiger partial charge in [0.15, 0.2) is 0 Å². The molecule has 0 atom stereocenters. The molecule has 1 saturated heterocycles. The van der Waals surface area contributed by atoms with Crippen LogP contribution in [0, 0.1) is 0 Å². The summed E-state index contributed by atoms with van der Waals surface area (Å²) < 4.78 is 5.27. The molecule has 0 spiro atoms. The van der Waals surface area contributed by atoms with Crippen LogP contribution in [0.2, 0.25) is 5.02 Å². The Morgan fingerprint density at radius 3 is 2.57 bits per heavy atom. The van der Waals surface area contributed by atoms with Crippen LogP contribution in [0.25, 0.3) is 5.57 Å². The molecule has 0 unspecified atom stereocenters. The lowest BCUT2D eigenvalue weighted by Crippen LogP contribution is -2.28. The van der Waals surface area contributed by atoms with E-state index in [4.69, 9.17) is 16.3 Å². The minimum Gasteiger partial charge on any atom is -0.462 e. The van der Waals surface area contributed by atoms with Crippen LogP contribution in [0.3, 0.4) is 0 Å². The number of hydrogen-bond acceptors (Lipinski definition) is 3. The van der Waals surface area contributed by atoms with Crippen LogP contribution in [0.4, 0.5) is 0 Å². The van der Waals surface area contributed by atoms with Crippen molar-refractivity contribution >= 4 is 23.1 Å². The van der Waals surface area contributed by atoms with E-state index in [0.29, 0.717) is 23.2 Å². The number of benzene rings is 1. The Balaban J connectivity index is 2.50. The van der Waals surface area contributed by atoms with Gasteiger partial charge in [-0.25, -0.2) is 4.79 Å². The summed E-state index contributed by atoms with van der Waals surface area (Å²) in [6, 6.07) is 7.77. The van der Waals surface area contributed by atoms with Gasteiger partial charge in [0.2, 0.25) is 0 Å². The first kappa shape index (κ1) is 15.9. The first-order valence-electron chi connectivity index (χ1n) is 7.47. The van der Waals surface area contributed by atoms with Crippen LogP contribution in [0.5, 0.6) is 0 Å². The highest BCUT2D eigenvalue weighted by molar-refractivity contribution is 6.30. The van der Waals surface area contributed by atoms with E-state index in [9.17, 15) is 4.79 Å². The number of rotatable bonds is 4. The Bertz CT molecular complexity index is 534. The summed E-state index contributed by atoms with van der Waals surface area (Å²) in [6.07, 6.45) is 1.99. The largest absolute Gasteiger partial charge is 0.462 e. The highest BCUT2D eigenvalue weighted by Crippen LogP contribution is 2.32. The molecule has 0 aromatic heterocycles. The van der Waals surface area contributed by atoms with Crippen LogP contribution < -0.4 is 0 Å². The number of allylic oxidation sites excluding steroid dienone is 1. The van der Waals surface area contributed by atoms with Crippen molar-refractivity contribution < 1.29 is 9.53 Å². The van der Waals surface area contributed by atoms with Gasteiger partial charge in [-0.1, -0.05) is 23.7 Å². The van der Waals surface area contributed by atoms with Gasteiger partial charge >= 0.3 is 5.97 Å². The number of carbonyl (C=O) groups is 1. The third kappa shape index (κ3) is 3.59. The summed E-state index contributed by atoms with van der Waals surface area (Å²) in [5.41, 5.74) is 2.64. The highest BCUT2D eigenvalue weighted by atomic mass is 35.5. The van der Waals surface area contributed by atoms with Crippen molar-refractivity contribution in [3.8, 4) is 0 Å². The summed E-state index contributed by atoms with van der Waals surface area (Å²) in [5, 5.41) is 0.666. The maximum Gasteiger partial charge on any atom is 0.340 e. The number of carbonyl (C=O) groups excluding carboxylic acids is 1. The topological polar surface area (TPSA) is 29.5 Å². The number of ether oxygens (including phenoxy) is 1. The van der Waals surface area contributed by atoms with Gasteiger partial charge in [0.1, 0.15) is 0 Å². The lowest BCUT2D eigenvalue weighted by atomic mass is 10.0. The van der Waals surface area contributed by atoms with Gasteiger partial charge in [-0.15, -0.1) is 0 Å². The fraction of sp³-hybridized carbons (Fsp3) is 0.471. The molecule has 0 amide bonds. The van der Waals surface area contributed by atoms with Crippen LogP contribution in [-0.4, -0.2) is 30.1 Å². The predicted octanol–water partition coefficient (Wildman–Crippen LogP) is 4.12. The minimum atomic E-state index is -0.248. The van der Waals surface area contributed by atoms with Gasteiger partial charge in [-0.05, 0) is 51.3 Å².